The van der Waals surface area contributed by atoms with E-state index in [0.717, 1.165) is 57.7 Å². The molecule has 0 aliphatic heterocycles. The van der Waals surface area contributed by atoms with Crippen molar-refractivity contribution in [1.82, 2.24) is 110 Å². The zero-order valence-corrected chi connectivity index (χ0v) is 71.2. The Bertz CT molecular complexity index is 5780. The summed E-state index contributed by atoms with van der Waals surface area (Å²) in [5, 5.41) is 10.9. The van der Waals surface area contributed by atoms with Crippen molar-refractivity contribution in [1.29, 1.82) is 0 Å². The third-order valence-electron chi connectivity index (χ3n) is 17.3. The molecule has 14 aromatic rings. The molecule has 0 radical (unpaired) electrons. The molecule has 0 bridgehead atoms. The van der Waals surface area contributed by atoms with Gasteiger partial charge in [0.15, 0.2) is 86.7 Å². The van der Waals surface area contributed by atoms with Gasteiger partial charge in [0.1, 0.15) is 57.9 Å². The van der Waals surface area contributed by atoms with Crippen molar-refractivity contribution in [3.05, 3.63) is 193 Å². The predicted molar refractivity (Wildman–Crippen MR) is 460 cm³/mol. The number of methoxy groups -OCH3 is 5. The molecule has 1 aliphatic carbocycles. The van der Waals surface area contributed by atoms with E-state index < -0.39 is 0 Å². The van der Waals surface area contributed by atoms with Gasteiger partial charge in [-0.2, -0.15) is 10.2 Å². The monoisotopic (exact) mass is 1680 g/mol. The highest BCUT2D eigenvalue weighted by Crippen LogP contribution is 2.47. The van der Waals surface area contributed by atoms with Crippen LogP contribution in [0, 0.1) is 41.5 Å². The Hall–Kier alpha value is -15.8. The first kappa shape index (κ1) is 89.5. The average Bonchev–Trinajstić information content (AvgIpc) is 1.78. The Balaban J connectivity index is 0.000000155. The van der Waals surface area contributed by atoms with Crippen LogP contribution in [-0.2, 0) is 7.05 Å². The maximum absolute atomic E-state index is 6.01. The molecule has 1 saturated carbocycles. The number of pyridine rings is 6. The van der Waals surface area contributed by atoms with Crippen LogP contribution in [0.1, 0.15) is 110 Å². The van der Waals surface area contributed by atoms with Crippen LogP contribution in [0.4, 0.5) is 40.6 Å². The number of ether oxygens (including phenoxy) is 11. The fraction of sp³-hybridized carbons (Fsp3) is 0.277. The number of aryl methyl sites for hydroxylation is 7. The number of anilines is 7. The minimum atomic E-state index is 0.253. The lowest BCUT2D eigenvalue weighted by molar-refractivity contribution is 0.362. The van der Waals surface area contributed by atoms with Crippen LogP contribution >= 0.6 is 0 Å². The van der Waals surface area contributed by atoms with Crippen molar-refractivity contribution in [2.24, 2.45) is 7.05 Å². The first-order valence-electron chi connectivity index (χ1n) is 37.9. The first-order valence-corrected chi connectivity index (χ1v) is 37.9. The summed E-state index contributed by atoms with van der Waals surface area (Å²) in [4.78, 5) is 76.2. The largest absolute Gasteiger partial charge is 0.491 e. The van der Waals surface area contributed by atoms with Gasteiger partial charge in [0.2, 0.25) is 23.5 Å². The number of nitrogens with two attached hydrogens (primary N) is 6. The van der Waals surface area contributed by atoms with Gasteiger partial charge in [-0.1, -0.05) is 27.7 Å². The molecule has 1 fully saturated rings. The van der Waals surface area contributed by atoms with E-state index in [4.69, 9.17) is 86.5 Å². The molecule has 1 aliphatic rings. The molecule has 0 amide bonds. The summed E-state index contributed by atoms with van der Waals surface area (Å²) in [5.41, 5.74) is 42.2. The molecule has 40 heteroatoms. The van der Waals surface area contributed by atoms with E-state index in [0.29, 0.717) is 162 Å². The van der Waals surface area contributed by atoms with E-state index in [9.17, 15) is 0 Å². The predicted octanol–water partition coefficient (Wildman–Crippen LogP) is 13.4. The van der Waals surface area contributed by atoms with E-state index in [1.54, 1.807) is 153 Å². The zero-order chi connectivity index (χ0) is 88.6. The SMILES string of the molecule is COc1cc(Oc2cnc(C)nc2N)c(C2CC2)cn1.COc1cc(Oc2cnc(C)nc2N)c(N(C)C)cn1.COc1cc(Oc2cnc(C)nc2N)c(OC)cn1.COc1cc(Oc2cnc(C)nc2N)ccn1.Cc1ncc(Oc2cc(-c3cn[nH]c3)ncc2C(C)C)c(N)n1.Cc1ncc(Oc2cc(-c3cnn(C)c3)ncc2C(C)C)c(N)n1. The van der Waals surface area contributed by atoms with Gasteiger partial charge in [-0.3, -0.25) is 19.7 Å². The van der Waals surface area contributed by atoms with E-state index in [-0.39, 0.29) is 23.5 Å². The third kappa shape index (κ3) is 25.1. The second kappa shape index (κ2) is 42.0. The van der Waals surface area contributed by atoms with E-state index >= 15 is 0 Å². The summed E-state index contributed by atoms with van der Waals surface area (Å²) >= 11 is 0. The quantitative estimate of drug-likeness (QED) is 0.0313. The fourth-order valence-corrected chi connectivity index (χ4v) is 10.8. The zero-order valence-electron chi connectivity index (χ0n) is 71.2. The highest BCUT2D eigenvalue weighted by atomic mass is 16.5. The molecule has 123 heavy (non-hydrogen) atoms. The number of nitrogens with one attached hydrogen (secondary N) is 1. The fourth-order valence-electron chi connectivity index (χ4n) is 10.8. The number of H-pyrrole nitrogens is 1. The van der Waals surface area contributed by atoms with Gasteiger partial charge in [-0.25, -0.2) is 79.7 Å². The number of nitrogen functional groups attached to an aromatic ring is 6. The number of hydrogen-bond donors (Lipinski definition) is 7. The molecule has 15 rings (SSSR count). The molecule has 0 atom stereocenters. The lowest BCUT2D eigenvalue weighted by Crippen LogP contribution is -2.11. The van der Waals surface area contributed by atoms with Gasteiger partial charge >= 0.3 is 0 Å². The van der Waals surface area contributed by atoms with Crippen LogP contribution in [0.5, 0.6) is 98.3 Å². The second-order valence-electron chi connectivity index (χ2n) is 27.6. The maximum Gasteiger partial charge on any atom is 0.216 e. The van der Waals surface area contributed by atoms with Gasteiger partial charge in [-0.15, -0.1) is 0 Å². The molecule has 40 nitrogen and oxygen atoms in total. The molecule has 640 valence electrons. The highest BCUT2D eigenvalue weighted by Gasteiger charge is 2.29. The maximum atomic E-state index is 6.01. The van der Waals surface area contributed by atoms with Crippen LogP contribution < -0.4 is 91.4 Å². The van der Waals surface area contributed by atoms with Crippen LogP contribution in [0.2, 0.25) is 0 Å². The number of hydrogen-bond acceptors (Lipinski definition) is 38. The average molecular weight is 1680 g/mol. The highest BCUT2D eigenvalue weighted by molar-refractivity contribution is 5.64. The number of aromatic nitrogens is 22. The molecular formula is C83H97N29O11. The van der Waals surface area contributed by atoms with Crippen LogP contribution in [-0.4, -0.2) is 159 Å². The number of aromatic amines is 1. The Morgan fingerprint density at radius 1 is 0.374 bits per heavy atom. The van der Waals surface area contributed by atoms with Gasteiger partial charge in [-0.05, 0) is 78.2 Å². The molecule has 0 saturated heterocycles. The van der Waals surface area contributed by atoms with Gasteiger partial charge in [0.05, 0.1) is 115 Å². The Kier molecular flexibility index (Phi) is 30.6. The van der Waals surface area contributed by atoms with Gasteiger partial charge < -0.3 is 91.4 Å². The molecule has 0 unspecified atom stereocenters. The second-order valence-corrected chi connectivity index (χ2v) is 27.6. The topological polar surface area (TPSA) is 539 Å². The van der Waals surface area contributed by atoms with Crippen molar-refractivity contribution < 1.29 is 52.1 Å². The van der Waals surface area contributed by atoms with Crippen molar-refractivity contribution >= 4 is 40.6 Å². The Morgan fingerprint density at radius 3 is 1.13 bits per heavy atom. The summed E-state index contributed by atoms with van der Waals surface area (Å²) in [6.07, 6.45) is 29.0. The summed E-state index contributed by atoms with van der Waals surface area (Å²) in [6.45, 7) is 19.0. The van der Waals surface area contributed by atoms with Crippen molar-refractivity contribution in [3.8, 4) is 121 Å². The van der Waals surface area contributed by atoms with Crippen molar-refractivity contribution in [2.45, 2.75) is 99.8 Å². The van der Waals surface area contributed by atoms with E-state index in [1.165, 1.54) is 39.9 Å². The summed E-state index contributed by atoms with van der Waals surface area (Å²) in [7, 11) is 13.4. The first-order chi connectivity index (χ1) is 59.0. The Morgan fingerprint density at radius 2 is 0.748 bits per heavy atom. The van der Waals surface area contributed by atoms with Crippen LogP contribution in [0.15, 0.2) is 142 Å². The summed E-state index contributed by atoms with van der Waals surface area (Å²) in [6, 6.07) is 12.2. The molecule has 14 aromatic heterocycles. The van der Waals surface area contributed by atoms with Crippen molar-refractivity contribution in [2.75, 3.05) is 88.9 Å². The smallest absolute Gasteiger partial charge is 0.216 e. The normalized spacial score (nSPS) is 11.1. The minimum absolute atomic E-state index is 0.253. The lowest BCUT2D eigenvalue weighted by Gasteiger charge is -2.18. The summed E-state index contributed by atoms with van der Waals surface area (Å²) in [5.74, 6) is 14.8. The van der Waals surface area contributed by atoms with Gasteiger partial charge in [0, 0.05) is 123 Å². The van der Waals surface area contributed by atoms with Crippen molar-refractivity contribution in [3.63, 3.8) is 0 Å². The standard InChI is InChI=1S/C17H20N6O.C16H18N6O.C14H16N4O2.C13H17N5O2.C12H14N4O3.C11H12N4O2/c1-10(2)13-7-20-14(12-6-21-23(4)9-12)5-15(13)24-16-8-19-11(3)22-17(16)18;1-9(2)12-7-19-13(11-5-20-21-6-11)4-14(12)23-15-8-18-10(3)22-16(15)17;1-8-16-7-12(14(15)18-8)20-11-5-13(19-2)17-6-10(11)9-3-4-9;1-8-15-7-11(13(14)17-8)20-10-5-12(19-4)16-6-9(10)18(2)3;1-7-14-6-10(12(13)16-7)19-8-4-11(18-3)15-5-9(8)17-2;1-7-14-6-9(11(12)15-7)17-8-3-4-13-10(5-8)16-2/h5-10H,1-4H3,(H2,18,19,22);4-9H,1-3H3,(H,20,21)(H2,17,18,22);5-7,9H,3-4H2,1-2H3,(H2,15,16,18);5-7H,1-4H3,(H2,14,15,17);4-6H,1-3H3,(H2,13,14,16);3-6H,1-2H3,(H2,12,14,15). The third-order valence-corrected chi connectivity index (χ3v) is 17.3. The van der Waals surface area contributed by atoms with Gasteiger partial charge in [0.25, 0.3) is 0 Å². The lowest BCUT2D eigenvalue weighted by atomic mass is 10.0. The molecule has 14 heterocycles. The van der Waals surface area contributed by atoms with E-state index in [2.05, 4.69) is 133 Å². The van der Waals surface area contributed by atoms with Crippen LogP contribution in [0.3, 0.4) is 0 Å². The number of nitrogens with zero attached hydrogens (tertiary/aromatic N) is 22. The Labute approximate surface area is 709 Å². The summed E-state index contributed by atoms with van der Waals surface area (Å²) < 4.78 is 62.0. The molecule has 13 N–H and O–H groups in total. The van der Waals surface area contributed by atoms with E-state index in [1.807, 2.05) is 56.8 Å². The molecular weight excluding hydrogens is 1580 g/mol. The molecule has 0 aromatic carbocycles. The molecule has 0 spiro atoms. The minimum Gasteiger partial charge on any atom is -0.491 e. The number of rotatable bonds is 23. The van der Waals surface area contributed by atoms with Crippen LogP contribution in [0.25, 0.3) is 22.5 Å².